The van der Waals surface area contributed by atoms with Gasteiger partial charge in [-0.15, -0.1) is 12.4 Å². The van der Waals surface area contributed by atoms with Gasteiger partial charge in [0.25, 0.3) is 0 Å². The number of amides is 1. The standard InChI is InChI=1S/C12H21F2NO2.C7H13F2N.ClH/c1-11(2,3)15(10(16)17)8-9-4-6-12(13,14)7-5-9;8-7(9)3-1-6(5-10)2-4-7;/h9H,4-8H2,1-3H3,(H,16,17);6H,1-5,10H2;1H. The molecule has 2 saturated carbocycles. The SMILES string of the molecule is CC(C)(C)N(CC1CCC(F)(F)CC1)C(=O)O.Cl.NCC1CCC(F)(F)CC1. The fraction of sp³-hybridized carbons (Fsp3) is 0.947. The van der Waals surface area contributed by atoms with Gasteiger partial charge in [0.05, 0.1) is 0 Å². The summed E-state index contributed by atoms with van der Waals surface area (Å²) in [6.07, 6.45) is 0.885. The first-order valence-electron chi connectivity index (χ1n) is 9.72. The second kappa shape index (κ2) is 10.9. The van der Waals surface area contributed by atoms with E-state index in [9.17, 15) is 22.4 Å². The van der Waals surface area contributed by atoms with Crippen LogP contribution in [0.5, 0.6) is 0 Å². The summed E-state index contributed by atoms with van der Waals surface area (Å²) in [6, 6.07) is 0. The van der Waals surface area contributed by atoms with Gasteiger partial charge >= 0.3 is 6.09 Å². The molecule has 168 valence electrons. The first-order chi connectivity index (χ1) is 12.3. The van der Waals surface area contributed by atoms with E-state index in [-0.39, 0.29) is 44.0 Å². The third kappa shape index (κ3) is 9.63. The van der Waals surface area contributed by atoms with Crippen molar-refractivity contribution in [1.29, 1.82) is 0 Å². The number of carbonyl (C=O) groups is 1. The van der Waals surface area contributed by atoms with Crippen LogP contribution in [0, 0.1) is 11.8 Å². The molecule has 0 aromatic carbocycles. The topological polar surface area (TPSA) is 66.6 Å². The van der Waals surface area contributed by atoms with Crippen LogP contribution in [0.2, 0.25) is 0 Å². The summed E-state index contributed by atoms with van der Waals surface area (Å²) in [5.41, 5.74) is 4.87. The Labute approximate surface area is 171 Å². The molecule has 28 heavy (non-hydrogen) atoms. The number of halogens is 5. The molecule has 9 heteroatoms. The van der Waals surface area contributed by atoms with Gasteiger partial charge < -0.3 is 15.7 Å². The lowest BCUT2D eigenvalue weighted by Gasteiger charge is -2.38. The van der Waals surface area contributed by atoms with Crippen molar-refractivity contribution in [2.45, 2.75) is 89.5 Å². The quantitative estimate of drug-likeness (QED) is 0.553. The van der Waals surface area contributed by atoms with Crippen LogP contribution in [0.15, 0.2) is 0 Å². The lowest BCUT2D eigenvalue weighted by molar-refractivity contribution is -0.0503. The molecule has 0 radical (unpaired) electrons. The molecule has 2 aliphatic carbocycles. The van der Waals surface area contributed by atoms with Crippen LogP contribution in [0.1, 0.15) is 72.1 Å². The van der Waals surface area contributed by atoms with Crippen molar-refractivity contribution in [2.75, 3.05) is 13.1 Å². The second-order valence-electron chi connectivity index (χ2n) is 8.90. The molecule has 0 spiro atoms. The summed E-state index contributed by atoms with van der Waals surface area (Å²) in [6.45, 7) is 6.38. The molecular weight excluding hydrogens is 400 g/mol. The van der Waals surface area contributed by atoms with E-state index in [1.54, 1.807) is 0 Å². The Morgan fingerprint density at radius 2 is 1.32 bits per heavy atom. The van der Waals surface area contributed by atoms with E-state index < -0.39 is 23.5 Å². The molecule has 0 bridgehead atoms. The largest absolute Gasteiger partial charge is 0.465 e. The van der Waals surface area contributed by atoms with E-state index in [0.29, 0.717) is 44.7 Å². The second-order valence-corrected chi connectivity index (χ2v) is 8.90. The molecule has 1 amide bonds. The van der Waals surface area contributed by atoms with Gasteiger partial charge in [0.15, 0.2) is 0 Å². The summed E-state index contributed by atoms with van der Waals surface area (Å²) in [5.74, 6) is -4.54. The predicted molar refractivity (Wildman–Crippen MR) is 105 cm³/mol. The minimum atomic E-state index is -2.55. The Bertz CT molecular complexity index is 467. The molecule has 3 N–H and O–H groups in total. The fourth-order valence-electron chi connectivity index (χ4n) is 3.52. The van der Waals surface area contributed by atoms with Gasteiger partial charge in [-0.25, -0.2) is 22.4 Å². The smallest absolute Gasteiger partial charge is 0.407 e. The van der Waals surface area contributed by atoms with Gasteiger partial charge in [0.2, 0.25) is 11.8 Å². The van der Waals surface area contributed by atoms with Crippen LogP contribution in [0.3, 0.4) is 0 Å². The number of carboxylic acid groups (broad SMARTS) is 1. The van der Waals surface area contributed by atoms with Crippen molar-refractivity contribution in [1.82, 2.24) is 4.90 Å². The Balaban J connectivity index is 0.000000567. The molecule has 0 saturated heterocycles. The highest BCUT2D eigenvalue weighted by Gasteiger charge is 2.37. The molecule has 0 heterocycles. The molecule has 2 rings (SSSR count). The van der Waals surface area contributed by atoms with Gasteiger partial charge in [-0.1, -0.05) is 0 Å². The van der Waals surface area contributed by atoms with Gasteiger partial charge in [-0.2, -0.15) is 0 Å². The average molecular weight is 435 g/mol. The Hall–Kier alpha value is -0.760. The molecule has 2 aliphatic rings. The molecule has 0 aliphatic heterocycles. The Morgan fingerprint density at radius 1 is 0.964 bits per heavy atom. The van der Waals surface area contributed by atoms with E-state index in [1.165, 1.54) is 4.90 Å². The number of hydrogen-bond donors (Lipinski definition) is 2. The third-order valence-electron chi connectivity index (χ3n) is 5.49. The van der Waals surface area contributed by atoms with Crippen molar-refractivity contribution in [2.24, 2.45) is 17.6 Å². The molecule has 0 atom stereocenters. The van der Waals surface area contributed by atoms with Crippen molar-refractivity contribution in [3.8, 4) is 0 Å². The van der Waals surface area contributed by atoms with Crippen LogP contribution in [0.25, 0.3) is 0 Å². The predicted octanol–water partition coefficient (Wildman–Crippen LogP) is 5.78. The van der Waals surface area contributed by atoms with Crippen molar-refractivity contribution < 1.29 is 27.5 Å². The van der Waals surface area contributed by atoms with Crippen LogP contribution in [-0.2, 0) is 0 Å². The number of nitrogens with two attached hydrogens (primary N) is 1. The van der Waals surface area contributed by atoms with E-state index in [1.807, 2.05) is 20.8 Å². The fourth-order valence-corrected chi connectivity index (χ4v) is 3.52. The van der Waals surface area contributed by atoms with Gasteiger partial charge in [-0.05, 0) is 64.8 Å². The van der Waals surface area contributed by atoms with Gasteiger partial charge in [0.1, 0.15) is 0 Å². The highest BCUT2D eigenvalue weighted by molar-refractivity contribution is 5.85. The van der Waals surface area contributed by atoms with E-state index in [0.717, 1.165) is 0 Å². The molecule has 0 unspecified atom stereocenters. The monoisotopic (exact) mass is 434 g/mol. The minimum Gasteiger partial charge on any atom is -0.465 e. The van der Waals surface area contributed by atoms with E-state index in [4.69, 9.17) is 10.8 Å². The van der Waals surface area contributed by atoms with Crippen LogP contribution in [-0.4, -0.2) is 46.6 Å². The van der Waals surface area contributed by atoms with Crippen molar-refractivity contribution in [3.63, 3.8) is 0 Å². The number of hydrogen-bond acceptors (Lipinski definition) is 2. The summed E-state index contributed by atoms with van der Waals surface area (Å²) >= 11 is 0. The van der Waals surface area contributed by atoms with Gasteiger partial charge in [-0.3, -0.25) is 0 Å². The van der Waals surface area contributed by atoms with Gasteiger partial charge in [0, 0.05) is 37.8 Å². The number of nitrogens with zero attached hydrogens (tertiary/aromatic N) is 1. The zero-order chi connectivity index (χ0) is 20.9. The summed E-state index contributed by atoms with van der Waals surface area (Å²) < 4.78 is 50.9. The highest BCUT2D eigenvalue weighted by Crippen LogP contribution is 2.37. The van der Waals surface area contributed by atoms with E-state index in [2.05, 4.69) is 0 Å². The Morgan fingerprint density at radius 3 is 1.61 bits per heavy atom. The van der Waals surface area contributed by atoms with Crippen molar-refractivity contribution >= 4 is 18.5 Å². The molecule has 2 fully saturated rings. The molecular formula is C19H35ClF4N2O2. The van der Waals surface area contributed by atoms with E-state index >= 15 is 0 Å². The lowest BCUT2D eigenvalue weighted by atomic mass is 9.86. The normalized spacial score (nSPS) is 22.4. The van der Waals surface area contributed by atoms with Crippen molar-refractivity contribution in [3.05, 3.63) is 0 Å². The molecule has 4 nitrogen and oxygen atoms in total. The first kappa shape index (κ1) is 27.2. The minimum absolute atomic E-state index is 0. The average Bonchev–Trinajstić information content (AvgIpc) is 2.53. The van der Waals surface area contributed by atoms with Crippen LogP contribution >= 0.6 is 12.4 Å². The molecule has 0 aromatic heterocycles. The van der Waals surface area contributed by atoms with Crippen LogP contribution < -0.4 is 5.73 Å². The summed E-state index contributed by atoms with van der Waals surface area (Å²) in [5, 5.41) is 9.12. The number of alkyl halides is 4. The maximum absolute atomic E-state index is 13.0. The third-order valence-corrected chi connectivity index (χ3v) is 5.49. The molecule has 0 aromatic rings. The number of rotatable bonds is 3. The highest BCUT2D eigenvalue weighted by atomic mass is 35.5. The summed E-state index contributed by atoms with van der Waals surface area (Å²) in [4.78, 5) is 12.5. The lowest BCUT2D eigenvalue weighted by Crippen LogP contribution is -2.48. The maximum Gasteiger partial charge on any atom is 0.407 e. The zero-order valence-electron chi connectivity index (χ0n) is 17.0. The zero-order valence-corrected chi connectivity index (χ0v) is 17.8. The maximum atomic E-state index is 13.0. The van der Waals surface area contributed by atoms with Crippen LogP contribution in [0.4, 0.5) is 22.4 Å². The summed E-state index contributed by atoms with van der Waals surface area (Å²) in [7, 11) is 0. The Kier molecular flexibility index (Phi) is 10.6. The first-order valence-corrected chi connectivity index (χ1v) is 9.72.